The molecule has 0 amide bonds. The molecule has 0 aromatic heterocycles. The molecular weight excluding hydrogens is 504 g/mol. The van der Waals surface area contributed by atoms with Crippen molar-refractivity contribution >= 4 is 45.9 Å². The number of hydrogen-bond donors (Lipinski definition) is 2. The summed E-state index contributed by atoms with van der Waals surface area (Å²) in [5, 5.41) is 6.05. The Balaban J connectivity index is 0.00000676. The molecular formula is C14H26F3IN4O4S. The standard InChI is InChI=1S/C14H25F3N4O4S.HI/c1-3-25-12(22)5-4-8-19-13(18-2)20-11-6-9-21(10-7-11)26(23,24)14(15,16)17;/h11H,3-10H2,1-2H3,(H2,18,19,20);1H. The van der Waals surface area contributed by atoms with Crippen molar-refractivity contribution in [1.82, 2.24) is 14.9 Å². The molecule has 0 spiro atoms. The van der Waals surface area contributed by atoms with Crippen molar-refractivity contribution in [1.29, 1.82) is 0 Å². The van der Waals surface area contributed by atoms with Gasteiger partial charge in [0.2, 0.25) is 0 Å². The average molecular weight is 530 g/mol. The van der Waals surface area contributed by atoms with Gasteiger partial charge in [-0.15, -0.1) is 24.0 Å². The quantitative estimate of drug-likeness (QED) is 0.170. The van der Waals surface area contributed by atoms with Crippen molar-refractivity contribution in [2.45, 2.75) is 44.2 Å². The SMILES string of the molecule is CCOC(=O)CCCNC(=NC)NC1CCN(S(=O)(=O)C(F)(F)F)CC1.I. The summed E-state index contributed by atoms with van der Waals surface area (Å²) in [6.07, 6.45) is 1.28. The van der Waals surface area contributed by atoms with E-state index in [4.69, 9.17) is 4.74 Å². The predicted molar refractivity (Wildman–Crippen MR) is 105 cm³/mol. The van der Waals surface area contributed by atoms with Crippen LogP contribution in [0.15, 0.2) is 4.99 Å². The first-order valence-corrected chi connectivity index (χ1v) is 9.75. The average Bonchev–Trinajstić information content (AvgIpc) is 2.57. The summed E-state index contributed by atoms with van der Waals surface area (Å²) in [7, 11) is -3.73. The number of rotatable bonds is 7. The molecule has 0 aromatic carbocycles. The van der Waals surface area contributed by atoms with Gasteiger partial charge in [0.1, 0.15) is 0 Å². The maximum atomic E-state index is 12.6. The number of nitrogens with one attached hydrogen (secondary N) is 2. The Kier molecular flexibility index (Phi) is 11.5. The zero-order valence-electron chi connectivity index (χ0n) is 15.2. The lowest BCUT2D eigenvalue weighted by atomic mass is 10.1. The number of esters is 1. The summed E-state index contributed by atoms with van der Waals surface area (Å²) in [5.41, 5.74) is -5.27. The molecule has 27 heavy (non-hydrogen) atoms. The number of guanidine groups is 1. The normalized spacial score (nSPS) is 17.1. The Bertz CT molecular complexity index is 594. The number of alkyl halides is 3. The molecule has 0 atom stereocenters. The fourth-order valence-electron chi connectivity index (χ4n) is 2.45. The highest BCUT2D eigenvalue weighted by atomic mass is 127. The molecule has 1 heterocycles. The third-order valence-corrected chi connectivity index (χ3v) is 5.44. The first-order valence-electron chi connectivity index (χ1n) is 8.31. The van der Waals surface area contributed by atoms with Crippen LogP contribution in [-0.4, -0.2) is 69.5 Å². The maximum Gasteiger partial charge on any atom is 0.511 e. The third kappa shape index (κ3) is 8.37. The van der Waals surface area contributed by atoms with E-state index >= 15 is 0 Å². The summed E-state index contributed by atoms with van der Waals surface area (Å²) < 4.78 is 65.7. The van der Waals surface area contributed by atoms with Crippen molar-refractivity contribution in [3.8, 4) is 0 Å². The van der Waals surface area contributed by atoms with Crippen molar-refractivity contribution in [2.24, 2.45) is 4.99 Å². The van der Waals surface area contributed by atoms with Gasteiger partial charge < -0.3 is 15.4 Å². The van der Waals surface area contributed by atoms with Crippen LogP contribution >= 0.6 is 24.0 Å². The van der Waals surface area contributed by atoms with Gasteiger partial charge in [0.05, 0.1) is 6.61 Å². The second kappa shape index (κ2) is 11.9. The molecule has 0 radical (unpaired) electrons. The highest BCUT2D eigenvalue weighted by molar-refractivity contribution is 14.0. The van der Waals surface area contributed by atoms with Crippen LogP contribution in [0, 0.1) is 0 Å². The summed E-state index contributed by atoms with van der Waals surface area (Å²) in [4.78, 5) is 15.2. The summed E-state index contributed by atoms with van der Waals surface area (Å²) in [5.74, 6) is 0.168. The molecule has 2 N–H and O–H groups in total. The molecule has 0 saturated carbocycles. The topological polar surface area (TPSA) is 100 Å². The molecule has 0 bridgehead atoms. The molecule has 160 valence electrons. The smallest absolute Gasteiger partial charge is 0.466 e. The lowest BCUT2D eigenvalue weighted by Gasteiger charge is -2.32. The monoisotopic (exact) mass is 530 g/mol. The predicted octanol–water partition coefficient (Wildman–Crippen LogP) is 1.43. The number of ether oxygens (including phenoxy) is 1. The molecule has 0 unspecified atom stereocenters. The van der Waals surface area contributed by atoms with E-state index in [1.165, 1.54) is 0 Å². The van der Waals surface area contributed by atoms with E-state index in [0.29, 0.717) is 29.8 Å². The van der Waals surface area contributed by atoms with Gasteiger partial charge in [-0.05, 0) is 26.2 Å². The molecule has 1 saturated heterocycles. The highest BCUT2D eigenvalue weighted by Gasteiger charge is 2.50. The van der Waals surface area contributed by atoms with Gasteiger partial charge in [-0.2, -0.15) is 17.5 Å². The van der Waals surface area contributed by atoms with Gasteiger partial charge in [0, 0.05) is 39.1 Å². The zero-order chi connectivity index (χ0) is 19.8. The molecule has 0 aromatic rings. The van der Waals surface area contributed by atoms with Crippen LogP contribution in [0.1, 0.15) is 32.6 Å². The Morgan fingerprint density at radius 3 is 2.37 bits per heavy atom. The van der Waals surface area contributed by atoms with Gasteiger partial charge in [0.15, 0.2) is 5.96 Å². The molecule has 1 aliphatic heterocycles. The van der Waals surface area contributed by atoms with Crippen molar-refractivity contribution in [3.05, 3.63) is 0 Å². The lowest BCUT2D eigenvalue weighted by molar-refractivity contribution is -0.143. The van der Waals surface area contributed by atoms with Crippen LogP contribution in [-0.2, 0) is 19.6 Å². The van der Waals surface area contributed by atoms with E-state index in [1.54, 1.807) is 14.0 Å². The second-order valence-corrected chi connectivity index (χ2v) is 7.61. The van der Waals surface area contributed by atoms with Crippen molar-refractivity contribution in [2.75, 3.05) is 33.3 Å². The van der Waals surface area contributed by atoms with Crippen LogP contribution in [0.2, 0.25) is 0 Å². The van der Waals surface area contributed by atoms with E-state index in [9.17, 15) is 26.4 Å². The molecule has 13 heteroatoms. The Hall–Kier alpha value is -0.830. The van der Waals surface area contributed by atoms with Crippen LogP contribution < -0.4 is 10.6 Å². The number of sulfonamides is 1. The number of aliphatic imine (C=N–C) groups is 1. The van der Waals surface area contributed by atoms with Gasteiger partial charge >= 0.3 is 21.5 Å². The van der Waals surface area contributed by atoms with E-state index in [0.717, 1.165) is 0 Å². The maximum absolute atomic E-state index is 12.6. The minimum atomic E-state index is -5.27. The largest absolute Gasteiger partial charge is 0.511 e. The minimum Gasteiger partial charge on any atom is -0.466 e. The van der Waals surface area contributed by atoms with Crippen LogP contribution in [0.3, 0.4) is 0 Å². The fourth-order valence-corrected chi connectivity index (χ4v) is 3.43. The first-order chi connectivity index (χ1) is 12.1. The van der Waals surface area contributed by atoms with Gasteiger partial charge in [-0.3, -0.25) is 9.79 Å². The van der Waals surface area contributed by atoms with Crippen LogP contribution in [0.4, 0.5) is 13.2 Å². The summed E-state index contributed by atoms with van der Waals surface area (Å²) in [6.45, 7) is 2.11. The number of piperidine rings is 1. The number of carbonyl (C=O) groups is 1. The Morgan fingerprint density at radius 2 is 1.89 bits per heavy atom. The highest BCUT2D eigenvalue weighted by Crippen LogP contribution is 2.28. The Morgan fingerprint density at radius 1 is 1.30 bits per heavy atom. The van der Waals surface area contributed by atoms with Crippen molar-refractivity contribution in [3.63, 3.8) is 0 Å². The van der Waals surface area contributed by atoms with Gasteiger partial charge in [0.25, 0.3) is 0 Å². The molecule has 1 fully saturated rings. The Labute approximate surface area is 174 Å². The van der Waals surface area contributed by atoms with E-state index in [2.05, 4.69) is 15.6 Å². The van der Waals surface area contributed by atoms with E-state index < -0.39 is 15.5 Å². The number of carbonyl (C=O) groups excluding carboxylic acids is 1. The van der Waals surface area contributed by atoms with Gasteiger partial charge in [-0.1, -0.05) is 0 Å². The number of hydrogen-bond acceptors (Lipinski definition) is 5. The van der Waals surface area contributed by atoms with Gasteiger partial charge in [-0.25, -0.2) is 8.42 Å². The van der Waals surface area contributed by atoms with Crippen molar-refractivity contribution < 1.29 is 31.1 Å². The fraction of sp³-hybridized carbons (Fsp3) is 0.857. The van der Waals surface area contributed by atoms with E-state index in [-0.39, 0.29) is 68.3 Å². The molecule has 1 rings (SSSR count). The summed E-state index contributed by atoms with van der Waals surface area (Å²) >= 11 is 0. The second-order valence-electron chi connectivity index (χ2n) is 5.68. The van der Waals surface area contributed by atoms with E-state index in [1.807, 2.05) is 0 Å². The molecule has 8 nitrogen and oxygen atoms in total. The molecule has 0 aliphatic carbocycles. The zero-order valence-corrected chi connectivity index (χ0v) is 18.4. The van der Waals surface area contributed by atoms with Crippen LogP contribution in [0.25, 0.3) is 0 Å². The first kappa shape index (κ1) is 26.2. The number of nitrogens with zero attached hydrogens (tertiary/aromatic N) is 2. The van der Waals surface area contributed by atoms with Crippen LogP contribution in [0.5, 0.6) is 0 Å². The summed E-state index contributed by atoms with van der Waals surface area (Å²) in [6, 6.07) is -0.189. The minimum absolute atomic E-state index is 0. The lowest BCUT2D eigenvalue weighted by Crippen LogP contribution is -2.51. The molecule has 1 aliphatic rings. The third-order valence-electron chi connectivity index (χ3n) is 3.81. The number of halogens is 4.